The first-order valence-corrected chi connectivity index (χ1v) is 9.72. The van der Waals surface area contributed by atoms with Gasteiger partial charge in [-0.25, -0.2) is 4.98 Å². The highest BCUT2D eigenvalue weighted by Gasteiger charge is 2.23. The van der Waals surface area contributed by atoms with Crippen LogP contribution in [0, 0.1) is 13.8 Å². The number of nitrogens with zero attached hydrogens (tertiary/aromatic N) is 4. The van der Waals surface area contributed by atoms with Gasteiger partial charge in [0.1, 0.15) is 5.82 Å². The number of hydrogen-bond acceptors (Lipinski definition) is 4. The maximum absolute atomic E-state index is 4.74. The standard InChI is InChI=1S/C23H28N4/c1-17-7-12-23(24-19(17)3)26-15-14-25(16-26)20(4)21-8-10-22(11-9-21)27-13-5-6-18(27)2/h7-12H,2,4-6,13-16H2,1,3H3. The number of allylic oxidation sites excluding steroid dienone is 1. The second kappa shape index (κ2) is 7.10. The zero-order chi connectivity index (χ0) is 19.0. The van der Waals surface area contributed by atoms with Crippen LogP contribution in [-0.2, 0) is 0 Å². The average molecular weight is 361 g/mol. The largest absolute Gasteiger partial charge is 0.352 e. The molecule has 3 heterocycles. The molecule has 0 N–H and O–H groups in total. The Hall–Kier alpha value is -2.75. The molecule has 0 bridgehead atoms. The second-order valence-corrected chi connectivity index (χ2v) is 7.56. The van der Waals surface area contributed by atoms with E-state index in [2.05, 4.69) is 78.1 Å². The van der Waals surface area contributed by atoms with Gasteiger partial charge in [0.2, 0.25) is 0 Å². The minimum absolute atomic E-state index is 0.832. The van der Waals surface area contributed by atoms with Crippen LogP contribution in [0.25, 0.3) is 5.70 Å². The zero-order valence-corrected chi connectivity index (χ0v) is 16.4. The van der Waals surface area contributed by atoms with E-state index in [1.165, 1.54) is 28.9 Å². The molecule has 4 rings (SSSR count). The maximum Gasteiger partial charge on any atom is 0.130 e. The van der Waals surface area contributed by atoms with Crippen molar-refractivity contribution < 1.29 is 0 Å². The van der Waals surface area contributed by atoms with Gasteiger partial charge in [-0.1, -0.05) is 31.4 Å². The molecule has 2 aromatic rings. The van der Waals surface area contributed by atoms with Gasteiger partial charge < -0.3 is 14.7 Å². The molecule has 0 saturated carbocycles. The smallest absolute Gasteiger partial charge is 0.130 e. The summed E-state index contributed by atoms with van der Waals surface area (Å²) >= 11 is 0. The topological polar surface area (TPSA) is 22.6 Å². The zero-order valence-electron chi connectivity index (χ0n) is 16.4. The van der Waals surface area contributed by atoms with E-state index in [-0.39, 0.29) is 0 Å². The van der Waals surface area contributed by atoms with Crippen LogP contribution in [0.3, 0.4) is 0 Å². The molecular weight excluding hydrogens is 332 g/mol. The maximum atomic E-state index is 4.74. The molecule has 4 heteroatoms. The monoisotopic (exact) mass is 360 g/mol. The van der Waals surface area contributed by atoms with Crippen LogP contribution in [0.1, 0.15) is 29.7 Å². The Morgan fingerprint density at radius 2 is 1.78 bits per heavy atom. The molecule has 4 nitrogen and oxygen atoms in total. The van der Waals surface area contributed by atoms with E-state index in [0.717, 1.165) is 49.9 Å². The summed E-state index contributed by atoms with van der Waals surface area (Å²) in [5, 5.41) is 0. The van der Waals surface area contributed by atoms with Crippen LogP contribution in [0.4, 0.5) is 11.5 Å². The molecule has 0 atom stereocenters. The molecule has 1 aromatic carbocycles. The third-order valence-electron chi connectivity index (χ3n) is 5.76. The van der Waals surface area contributed by atoms with Gasteiger partial charge in [-0.05, 0) is 56.0 Å². The van der Waals surface area contributed by atoms with Crippen molar-refractivity contribution in [1.29, 1.82) is 0 Å². The van der Waals surface area contributed by atoms with Gasteiger partial charge in [0.15, 0.2) is 0 Å². The number of pyridine rings is 1. The lowest BCUT2D eigenvalue weighted by atomic mass is 10.1. The molecule has 140 valence electrons. The van der Waals surface area contributed by atoms with Crippen LogP contribution in [0.5, 0.6) is 0 Å². The summed E-state index contributed by atoms with van der Waals surface area (Å²) in [6.07, 6.45) is 2.30. The van der Waals surface area contributed by atoms with Crippen molar-refractivity contribution in [3.05, 3.63) is 72.1 Å². The first-order valence-electron chi connectivity index (χ1n) is 9.72. The van der Waals surface area contributed by atoms with Gasteiger partial charge in [0, 0.05) is 42.4 Å². The number of rotatable bonds is 4. The average Bonchev–Trinajstić information content (AvgIpc) is 3.33. The molecule has 0 unspecified atom stereocenters. The lowest BCUT2D eigenvalue weighted by molar-refractivity contribution is 0.497. The Morgan fingerprint density at radius 1 is 1.00 bits per heavy atom. The summed E-state index contributed by atoms with van der Waals surface area (Å²) in [6.45, 7) is 16.5. The Bertz CT molecular complexity index is 868. The quantitative estimate of drug-likeness (QED) is 0.797. The van der Waals surface area contributed by atoms with Gasteiger partial charge in [-0.3, -0.25) is 0 Å². The number of anilines is 2. The molecule has 0 aliphatic carbocycles. The molecule has 2 aliphatic rings. The van der Waals surface area contributed by atoms with E-state index in [1.807, 2.05) is 0 Å². The summed E-state index contributed by atoms with van der Waals surface area (Å²) in [7, 11) is 0. The van der Waals surface area contributed by atoms with Crippen molar-refractivity contribution in [3.8, 4) is 0 Å². The lowest BCUT2D eigenvalue weighted by Gasteiger charge is -2.24. The molecule has 2 aliphatic heterocycles. The minimum Gasteiger partial charge on any atom is -0.352 e. The Labute approximate surface area is 162 Å². The molecule has 0 spiro atoms. The van der Waals surface area contributed by atoms with Crippen molar-refractivity contribution in [1.82, 2.24) is 9.88 Å². The third kappa shape index (κ3) is 3.44. The highest BCUT2D eigenvalue weighted by Crippen LogP contribution is 2.30. The molecular formula is C23H28N4. The Kier molecular flexibility index (Phi) is 4.65. The normalized spacial score (nSPS) is 17.1. The van der Waals surface area contributed by atoms with Gasteiger partial charge in [0.05, 0.1) is 6.67 Å². The van der Waals surface area contributed by atoms with E-state index >= 15 is 0 Å². The van der Waals surface area contributed by atoms with E-state index in [9.17, 15) is 0 Å². The van der Waals surface area contributed by atoms with Crippen molar-refractivity contribution in [2.24, 2.45) is 0 Å². The van der Waals surface area contributed by atoms with Crippen molar-refractivity contribution in [3.63, 3.8) is 0 Å². The molecule has 27 heavy (non-hydrogen) atoms. The van der Waals surface area contributed by atoms with Crippen LogP contribution >= 0.6 is 0 Å². The molecule has 0 radical (unpaired) electrons. The molecule has 1 aromatic heterocycles. The highest BCUT2D eigenvalue weighted by atomic mass is 15.4. The van der Waals surface area contributed by atoms with Crippen LogP contribution < -0.4 is 9.80 Å². The molecule has 2 fully saturated rings. The summed E-state index contributed by atoms with van der Waals surface area (Å²) in [4.78, 5) is 11.7. The first kappa shape index (κ1) is 17.7. The van der Waals surface area contributed by atoms with Gasteiger partial charge >= 0.3 is 0 Å². The van der Waals surface area contributed by atoms with Crippen molar-refractivity contribution >= 4 is 17.2 Å². The fraction of sp³-hybridized carbons (Fsp3) is 0.348. The number of aromatic nitrogens is 1. The minimum atomic E-state index is 0.832. The molecule has 0 amide bonds. The molecule has 2 saturated heterocycles. The summed E-state index contributed by atoms with van der Waals surface area (Å²) in [5.74, 6) is 1.05. The predicted octanol–water partition coefficient (Wildman–Crippen LogP) is 4.56. The van der Waals surface area contributed by atoms with Crippen molar-refractivity contribution in [2.45, 2.75) is 26.7 Å². The summed E-state index contributed by atoms with van der Waals surface area (Å²) in [6, 6.07) is 13.0. The third-order valence-corrected chi connectivity index (χ3v) is 5.76. The lowest BCUT2D eigenvalue weighted by Crippen LogP contribution is -2.25. The van der Waals surface area contributed by atoms with E-state index in [0.29, 0.717) is 0 Å². The highest BCUT2D eigenvalue weighted by molar-refractivity contribution is 5.66. The van der Waals surface area contributed by atoms with Gasteiger partial charge in [-0.15, -0.1) is 0 Å². The predicted molar refractivity (Wildman–Crippen MR) is 114 cm³/mol. The van der Waals surface area contributed by atoms with Crippen LogP contribution in [0.2, 0.25) is 0 Å². The fourth-order valence-corrected chi connectivity index (χ4v) is 3.85. The van der Waals surface area contributed by atoms with E-state index in [1.54, 1.807) is 0 Å². The van der Waals surface area contributed by atoms with Crippen molar-refractivity contribution in [2.75, 3.05) is 36.1 Å². The van der Waals surface area contributed by atoms with Gasteiger partial charge in [-0.2, -0.15) is 0 Å². The number of aryl methyl sites for hydroxylation is 2. The number of benzene rings is 1. The Morgan fingerprint density at radius 3 is 2.44 bits per heavy atom. The number of hydrogen-bond donors (Lipinski definition) is 0. The van der Waals surface area contributed by atoms with Crippen LogP contribution in [-0.4, -0.2) is 36.2 Å². The Balaban J connectivity index is 1.44. The van der Waals surface area contributed by atoms with E-state index < -0.39 is 0 Å². The second-order valence-electron chi connectivity index (χ2n) is 7.56. The summed E-state index contributed by atoms with van der Waals surface area (Å²) < 4.78 is 0. The van der Waals surface area contributed by atoms with Gasteiger partial charge in [0.25, 0.3) is 0 Å². The SMILES string of the molecule is C=C(c1ccc(N2CCCC2=C)cc1)N1CCN(c2ccc(C)c(C)n2)C1. The van der Waals surface area contributed by atoms with E-state index in [4.69, 9.17) is 4.98 Å². The summed E-state index contributed by atoms with van der Waals surface area (Å²) in [5.41, 5.74) is 7.05. The first-order chi connectivity index (χ1) is 13.0. The van der Waals surface area contributed by atoms with Crippen LogP contribution in [0.15, 0.2) is 55.3 Å². The fourth-order valence-electron chi connectivity index (χ4n) is 3.85.